The van der Waals surface area contributed by atoms with Crippen LogP contribution in [0.3, 0.4) is 0 Å². The molecule has 0 fully saturated rings. The number of nitrogens with zero attached hydrogens (tertiary/aromatic N) is 2. The molecule has 2 rings (SSSR count). The third kappa shape index (κ3) is 3.39. The molecule has 126 valence electrons. The minimum atomic E-state index is -1.46. The number of benzene rings is 1. The molecule has 0 bridgehead atoms. The van der Waals surface area contributed by atoms with Gasteiger partial charge in [0, 0.05) is 12.2 Å². The summed E-state index contributed by atoms with van der Waals surface area (Å²) in [5.41, 5.74) is -0.732. The van der Waals surface area contributed by atoms with E-state index < -0.39 is 16.9 Å². The number of nitriles is 1. The van der Waals surface area contributed by atoms with Gasteiger partial charge in [0.15, 0.2) is 0 Å². The summed E-state index contributed by atoms with van der Waals surface area (Å²) in [5, 5.41) is 22.5. The summed E-state index contributed by atoms with van der Waals surface area (Å²) in [4.78, 5) is 26.5. The van der Waals surface area contributed by atoms with Gasteiger partial charge in [-0.2, -0.15) is 5.26 Å². The van der Waals surface area contributed by atoms with Crippen molar-refractivity contribution in [2.24, 2.45) is 0 Å². The number of aromatic nitrogens is 2. The topological polar surface area (TPSA) is 111 Å². The second-order valence-electron chi connectivity index (χ2n) is 6.11. The average Bonchev–Trinajstić information content (AvgIpc) is 2.44. The van der Waals surface area contributed by atoms with Gasteiger partial charge in [-0.15, -0.1) is 0 Å². The van der Waals surface area contributed by atoms with Crippen molar-refractivity contribution in [1.29, 1.82) is 5.26 Å². The number of rotatable bonds is 4. The van der Waals surface area contributed by atoms with E-state index in [0.717, 1.165) is 5.56 Å². The van der Waals surface area contributed by atoms with E-state index in [4.69, 9.17) is 5.26 Å². The van der Waals surface area contributed by atoms with Crippen LogP contribution in [0, 0.1) is 18.3 Å². The van der Waals surface area contributed by atoms with Crippen molar-refractivity contribution in [3.63, 3.8) is 0 Å². The average molecular weight is 328 g/mol. The molecular formula is C17H20N4O3. The number of aromatic amines is 1. The van der Waals surface area contributed by atoms with Gasteiger partial charge >= 0.3 is 5.69 Å². The maximum atomic E-state index is 12.2. The maximum absolute atomic E-state index is 12.2. The zero-order valence-corrected chi connectivity index (χ0v) is 14.1. The van der Waals surface area contributed by atoms with Crippen LogP contribution in [0.15, 0.2) is 27.8 Å². The first kappa shape index (κ1) is 17.5. The molecule has 0 aliphatic heterocycles. The van der Waals surface area contributed by atoms with Gasteiger partial charge in [0.25, 0.3) is 5.56 Å². The lowest BCUT2D eigenvalue weighted by molar-refractivity contribution is 0.0770. The SMILES string of the molecule is CCn1c(Nc2cc(C)cc(C#N)c2)c(C(C)(C)O)c(=O)[nH]c1=O. The molecule has 0 amide bonds. The Hall–Kier alpha value is -2.85. The first-order chi connectivity index (χ1) is 11.2. The van der Waals surface area contributed by atoms with Gasteiger partial charge < -0.3 is 10.4 Å². The van der Waals surface area contributed by atoms with Gasteiger partial charge in [0.05, 0.1) is 22.8 Å². The highest BCUT2D eigenvalue weighted by molar-refractivity contribution is 5.63. The predicted molar refractivity (Wildman–Crippen MR) is 91.4 cm³/mol. The van der Waals surface area contributed by atoms with Crippen LogP contribution >= 0.6 is 0 Å². The number of aliphatic hydroxyl groups is 1. The van der Waals surface area contributed by atoms with Crippen molar-refractivity contribution in [1.82, 2.24) is 9.55 Å². The molecule has 0 spiro atoms. The van der Waals surface area contributed by atoms with Gasteiger partial charge in [-0.05, 0) is 51.5 Å². The van der Waals surface area contributed by atoms with E-state index in [2.05, 4.69) is 16.4 Å². The van der Waals surface area contributed by atoms with Crippen molar-refractivity contribution in [2.75, 3.05) is 5.32 Å². The lowest BCUT2D eigenvalue weighted by Crippen LogP contribution is -2.38. The number of hydrogen-bond donors (Lipinski definition) is 3. The minimum absolute atomic E-state index is 0.0592. The highest BCUT2D eigenvalue weighted by Gasteiger charge is 2.27. The summed E-state index contributed by atoms with van der Waals surface area (Å²) in [6, 6.07) is 7.20. The number of H-pyrrole nitrogens is 1. The van der Waals surface area contributed by atoms with Crippen molar-refractivity contribution < 1.29 is 5.11 Å². The second-order valence-corrected chi connectivity index (χ2v) is 6.11. The molecule has 1 aromatic heterocycles. The van der Waals surface area contributed by atoms with Gasteiger partial charge in [-0.1, -0.05) is 0 Å². The Morgan fingerprint density at radius 1 is 1.33 bits per heavy atom. The van der Waals surface area contributed by atoms with E-state index >= 15 is 0 Å². The Morgan fingerprint density at radius 3 is 2.54 bits per heavy atom. The molecule has 3 N–H and O–H groups in total. The van der Waals surface area contributed by atoms with Crippen LogP contribution in [-0.4, -0.2) is 14.7 Å². The number of aryl methyl sites for hydroxylation is 1. The summed E-state index contributed by atoms with van der Waals surface area (Å²) >= 11 is 0. The van der Waals surface area contributed by atoms with Gasteiger partial charge in [0.2, 0.25) is 0 Å². The molecular weight excluding hydrogens is 308 g/mol. The second kappa shape index (κ2) is 6.34. The van der Waals surface area contributed by atoms with Gasteiger partial charge in [-0.25, -0.2) is 4.79 Å². The predicted octanol–water partition coefficient (Wildman–Crippen LogP) is 1.71. The highest BCUT2D eigenvalue weighted by atomic mass is 16.3. The third-order valence-electron chi connectivity index (χ3n) is 3.60. The summed E-state index contributed by atoms with van der Waals surface area (Å²) in [5.74, 6) is 0.216. The fourth-order valence-electron chi connectivity index (χ4n) is 2.63. The molecule has 7 nitrogen and oxygen atoms in total. The molecule has 0 aliphatic carbocycles. The maximum Gasteiger partial charge on any atom is 0.329 e. The Morgan fingerprint density at radius 2 is 2.00 bits per heavy atom. The van der Waals surface area contributed by atoms with Crippen molar-refractivity contribution in [3.8, 4) is 6.07 Å². The van der Waals surface area contributed by atoms with Crippen molar-refractivity contribution in [3.05, 3.63) is 55.7 Å². The fourth-order valence-corrected chi connectivity index (χ4v) is 2.63. The molecule has 1 aromatic carbocycles. The zero-order chi connectivity index (χ0) is 18.1. The van der Waals surface area contributed by atoms with Crippen LogP contribution in [0.4, 0.5) is 11.5 Å². The van der Waals surface area contributed by atoms with Crippen LogP contribution in [0.2, 0.25) is 0 Å². The fraction of sp³-hybridized carbons (Fsp3) is 0.353. The van der Waals surface area contributed by atoms with E-state index in [0.29, 0.717) is 17.8 Å². The monoisotopic (exact) mass is 328 g/mol. The molecule has 0 unspecified atom stereocenters. The molecule has 2 aromatic rings. The van der Waals surface area contributed by atoms with Gasteiger partial charge in [-0.3, -0.25) is 14.3 Å². The van der Waals surface area contributed by atoms with Crippen LogP contribution in [0.25, 0.3) is 0 Å². The molecule has 24 heavy (non-hydrogen) atoms. The number of nitrogens with one attached hydrogen (secondary N) is 2. The largest absolute Gasteiger partial charge is 0.385 e. The lowest BCUT2D eigenvalue weighted by atomic mass is 10.00. The van der Waals surface area contributed by atoms with Crippen LogP contribution < -0.4 is 16.6 Å². The summed E-state index contributed by atoms with van der Waals surface area (Å²) in [6.45, 7) is 6.86. The van der Waals surface area contributed by atoms with E-state index in [1.165, 1.54) is 18.4 Å². The molecule has 0 radical (unpaired) electrons. The molecule has 7 heteroatoms. The van der Waals surface area contributed by atoms with E-state index in [1.807, 2.05) is 6.92 Å². The standard InChI is InChI=1S/C17H20N4O3/c1-5-21-14(13(17(3,4)24)15(22)20-16(21)23)19-12-7-10(2)6-11(8-12)9-18/h6-8,19,24H,5H2,1-4H3,(H,20,22,23). The summed E-state index contributed by atoms with van der Waals surface area (Å²) < 4.78 is 1.34. The Labute approximate surface area is 139 Å². The van der Waals surface area contributed by atoms with E-state index in [1.54, 1.807) is 25.1 Å². The first-order valence-corrected chi connectivity index (χ1v) is 7.56. The normalized spacial score (nSPS) is 11.2. The van der Waals surface area contributed by atoms with Crippen LogP contribution in [0.1, 0.15) is 37.5 Å². The van der Waals surface area contributed by atoms with Crippen molar-refractivity contribution in [2.45, 2.75) is 39.8 Å². The molecule has 0 saturated heterocycles. The number of hydrogen-bond acceptors (Lipinski definition) is 5. The Bertz CT molecular complexity index is 927. The smallest absolute Gasteiger partial charge is 0.329 e. The Balaban J connectivity index is 2.74. The molecule has 1 heterocycles. The molecule has 0 saturated carbocycles. The molecule has 0 atom stereocenters. The third-order valence-corrected chi connectivity index (χ3v) is 3.60. The Kier molecular flexibility index (Phi) is 4.62. The quantitative estimate of drug-likeness (QED) is 0.791. The zero-order valence-electron chi connectivity index (χ0n) is 14.1. The highest BCUT2D eigenvalue weighted by Crippen LogP contribution is 2.27. The van der Waals surface area contributed by atoms with E-state index in [9.17, 15) is 14.7 Å². The van der Waals surface area contributed by atoms with Gasteiger partial charge in [0.1, 0.15) is 5.82 Å². The van der Waals surface area contributed by atoms with Crippen molar-refractivity contribution >= 4 is 11.5 Å². The summed E-state index contributed by atoms with van der Waals surface area (Å²) in [6.07, 6.45) is 0. The first-order valence-electron chi connectivity index (χ1n) is 7.56. The van der Waals surface area contributed by atoms with Crippen LogP contribution in [0.5, 0.6) is 0 Å². The van der Waals surface area contributed by atoms with Crippen LogP contribution in [-0.2, 0) is 12.1 Å². The minimum Gasteiger partial charge on any atom is -0.385 e. The summed E-state index contributed by atoms with van der Waals surface area (Å²) in [7, 11) is 0. The van der Waals surface area contributed by atoms with E-state index in [-0.39, 0.29) is 11.4 Å². The lowest BCUT2D eigenvalue weighted by Gasteiger charge is -2.23. The number of anilines is 2. The molecule has 0 aliphatic rings.